The van der Waals surface area contributed by atoms with Crippen molar-refractivity contribution < 1.29 is 4.79 Å². The molecule has 0 aromatic heterocycles. The van der Waals surface area contributed by atoms with Gasteiger partial charge in [0.05, 0.1) is 5.54 Å². The molecule has 0 aromatic rings. The average Bonchev–Trinajstić information content (AvgIpc) is 1.79. The van der Waals surface area contributed by atoms with Crippen molar-refractivity contribution in [1.29, 1.82) is 0 Å². The number of hydrogen-bond acceptors (Lipinski definition) is 2. The second-order valence-corrected chi connectivity index (χ2v) is 8.65. The second kappa shape index (κ2) is 4.63. The Bertz CT molecular complexity index is 256. The third-order valence-corrected chi connectivity index (χ3v) is 4.83. The molecule has 84 valence electrons. The third-order valence-electron chi connectivity index (χ3n) is 2.20. The zero-order chi connectivity index (χ0) is 11.6. The molecule has 0 saturated heterocycles. The van der Waals surface area contributed by atoms with Gasteiger partial charge in [0.15, 0.2) is 0 Å². The number of hydrogen-bond donors (Lipinski definition) is 1. The van der Waals surface area contributed by atoms with Crippen molar-refractivity contribution >= 4 is 19.1 Å². The molecular weight excluding hydrogens is 193 g/mol. The van der Waals surface area contributed by atoms with Crippen LogP contribution < -0.4 is 5.09 Å². The monoisotopic (exact) mass is 217 g/mol. The first kappa shape index (κ1) is 13.9. The fourth-order valence-electron chi connectivity index (χ4n) is 1.61. The van der Waals surface area contributed by atoms with Gasteiger partial charge in [0.1, 0.15) is 5.78 Å². The van der Waals surface area contributed by atoms with Crippen LogP contribution in [0.5, 0.6) is 0 Å². The molecule has 1 N–H and O–H groups in total. The first-order valence-corrected chi connectivity index (χ1v) is 7.68. The molecule has 1 atom stereocenters. The number of nitrogens with one attached hydrogen (secondary N) is 1. The normalized spacial score (nSPS) is 16.8. The quantitative estimate of drug-likeness (QED) is 0.717. The molecule has 0 fully saturated rings. The van der Waals surface area contributed by atoms with E-state index in [9.17, 15) is 4.79 Å². The molecule has 3 heteroatoms. The van der Waals surface area contributed by atoms with E-state index >= 15 is 0 Å². The van der Waals surface area contributed by atoms with Gasteiger partial charge in [-0.2, -0.15) is 0 Å². The van der Waals surface area contributed by atoms with E-state index < -0.39 is 12.6 Å². The van der Waals surface area contributed by atoms with Gasteiger partial charge in [-0.25, -0.2) is 0 Å². The Morgan fingerprint density at radius 2 is 1.93 bits per heavy atom. The van der Waals surface area contributed by atoms with Gasteiger partial charge in [-0.15, -0.1) is 0 Å². The standard InChI is InChI=1S/C11H24NOP/c1-9(2)8-14(6,7)12-11(4,5)10(3)13/h9,12H,6,8H2,1-5,7H3. The van der Waals surface area contributed by atoms with Crippen LogP contribution in [0, 0.1) is 5.92 Å². The largest absolute Gasteiger partial charge is 0.298 e. The van der Waals surface area contributed by atoms with E-state index in [-0.39, 0.29) is 5.78 Å². The first-order valence-electron chi connectivity index (χ1n) is 5.07. The fourth-order valence-corrected chi connectivity index (χ4v) is 4.82. The molecule has 0 radical (unpaired) electrons. The van der Waals surface area contributed by atoms with Crippen LogP contribution in [0.1, 0.15) is 34.6 Å². The van der Waals surface area contributed by atoms with Crippen LogP contribution in [-0.2, 0) is 4.79 Å². The van der Waals surface area contributed by atoms with E-state index in [0.717, 1.165) is 6.16 Å². The molecule has 0 aromatic carbocycles. The van der Waals surface area contributed by atoms with Gasteiger partial charge in [-0.3, -0.25) is 9.88 Å². The van der Waals surface area contributed by atoms with Gasteiger partial charge < -0.3 is 0 Å². The Morgan fingerprint density at radius 3 is 2.21 bits per heavy atom. The summed E-state index contributed by atoms with van der Waals surface area (Å²) in [6.07, 6.45) is 5.30. The third kappa shape index (κ3) is 4.97. The molecule has 14 heavy (non-hydrogen) atoms. The smallest absolute Gasteiger partial charge is 0.149 e. The number of carbonyl (C=O) groups is 1. The van der Waals surface area contributed by atoms with Gasteiger partial charge in [-0.1, -0.05) is 27.2 Å². The van der Waals surface area contributed by atoms with Crippen molar-refractivity contribution in [1.82, 2.24) is 5.09 Å². The molecule has 0 amide bonds. The maximum absolute atomic E-state index is 11.4. The van der Waals surface area contributed by atoms with E-state index in [0.29, 0.717) is 5.92 Å². The number of Topliss-reactive ketones (excluding diaryl/α,β-unsaturated/α-hetero) is 1. The molecule has 2 nitrogen and oxygen atoms in total. The molecule has 0 aliphatic rings. The zero-order valence-electron chi connectivity index (χ0n) is 10.3. The van der Waals surface area contributed by atoms with Crippen LogP contribution in [-0.4, -0.2) is 30.4 Å². The van der Waals surface area contributed by atoms with Crippen LogP contribution in [0.25, 0.3) is 0 Å². The molecule has 0 heterocycles. The lowest BCUT2D eigenvalue weighted by Gasteiger charge is -2.33. The van der Waals surface area contributed by atoms with E-state index in [4.69, 9.17) is 0 Å². The van der Waals surface area contributed by atoms with E-state index in [1.807, 2.05) is 13.8 Å². The molecule has 0 bridgehead atoms. The summed E-state index contributed by atoms with van der Waals surface area (Å²) in [5.74, 6) is 0.803. The lowest BCUT2D eigenvalue weighted by atomic mass is 10.0. The second-order valence-electron chi connectivity index (χ2n) is 5.27. The lowest BCUT2D eigenvalue weighted by molar-refractivity contribution is -0.121. The van der Waals surface area contributed by atoms with Crippen LogP contribution in [0.3, 0.4) is 0 Å². The summed E-state index contributed by atoms with van der Waals surface area (Å²) in [6, 6.07) is 0. The Labute approximate surface area is 88.5 Å². The van der Waals surface area contributed by atoms with Gasteiger partial charge in [0, 0.05) is 0 Å². The van der Waals surface area contributed by atoms with Crippen LogP contribution in [0.2, 0.25) is 0 Å². The Balaban J connectivity index is 4.51. The summed E-state index contributed by atoms with van der Waals surface area (Å²) < 4.78 is 0. The van der Waals surface area contributed by atoms with Crippen LogP contribution >= 0.6 is 7.04 Å². The number of carbonyl (C=O) groups excluding carboxylic acids is 1. The summed E-state index contributed by atoms with van der Waals surface area (Å²) in [6.45, 7) is 12.0. The predicted octanol–water partition coefficient (Wildman–Crippen LogP) is 2.59. The van der Waals surface area contributed by atoms with E-state index in [1.54, 1.807) is 6.92 Å². The highest BCUT2D eigenvalue weighted by molar-refractivity contribution is 7.71. The molecule has 1 unspecified atom stereocenters. The van der Waals surface area contributed by atoms with Crippen molar-refractivity contribution in [3.63, 3.8) is 0 Å². The SMILES string of the molecule is C=P(C)(CC(C)C)NC(C)(C)C(C)=O. The summed E-state index contributed by atoms with van der Waals surface area (Å²) in [4.78, 5) is 11.4. The summed E-state index contributed by atoms with van der Waals surface area (Å²) >= 11 is 0. The highest BCUT2D eigenvalue weighted by atomic mass is 31.2. The highest BCUT2D eigenvalue weighted by Gasteiger charge is 2.27. The fraction of sp³-hybridized carbons (Fsp3) is 0.818. The van der Waals surface area contributed by atoms with Gasteiger partial charge in [0.25, 0.3) is 0 Å². The minimum Gasteiger partial charge on any atom is -0.298 e. The Hall–Kier alpha value is -0.0700. The summed E-state index contributed by atoms with van der Waals surface area (Å²) in [5, 5.41) is 3.41. The number of ketones is 1. The minimum atomic E-state index is -1.39. The van der Waals surface area contributed by atoms with Crippen LogP contribution in [0.15, 0.2) is 0 Å². The van der Waals surface area contributed by atoms with Gasteiger partial charge in [0.2, 0.25) is 0 Å². The molecular formula is C11H24NOP. The number of rotatable bonds is 5. The highest BCUT2D eigenvalue weighted by Crippen LogP contribution is 2.40. The molecule has 0 aliphatic heterocycles. The Morgan fingerprint density at radius 1 is 1.50 bits per heavy atom. The lowest BCUT2D eigenvalue weighted by Crippen LogP contribution is -2.44. The van der Waals surface area contributed by atoms with Crippen molar-refractivity contribution in [3.8, 4) is 0 Å². The zero-order valence-corrected chi connectivity index (χ0v) is 11.2. The summed E-state index contributed by atoms with van der Waals surface area (Å²) in [5.41, 5.74) is -0.431. The summed E-state index contributed by atoms with van der Waals surface area (Å²) in [7, 11) is -1.39. The average molecular weight is 217 g/mol. The maximum atomic E-state index is 11.4. The van der Waals surface area contributed by atoms with Gasteiger partial charge in [-0.05, 0) is 39.5 Å². The van der Waals surface area contributed by atoms with Crippen molar-refractivity contribution in [3.05, 3.63) is 0 Å². The molecule has 0 aliphatic carbocycles. The minimum absolute atomic E-state index is 0.177. The molecule has 0 spiro atoms. The van der Waals surface area contributed by atoms with Crippen LogP contribution in [0.4, 0.5) is 0 Å². The van der Waals surface area contributed by atoms with Crippen molar-refractivity contribution in [2.45, 2.75) is 40.2 Å². The van der Waals surface area contributed by atoms with Gasteiger partial charge >= 0.3 is 0 Å². The van der Waals surface area contributed by atoms with E-state index in [2.05, 4.69) is 31.9 Å². The van der Waals surface area contributed by atoms with E-state index in [1.165, 1.54) is 0 Å². The van der Waals surface area contributed by atoms with Crippen molar-refractivity contribution in [2.24, 2.45) is 5.92 Å². The molecule has 0 rings (SSSR count). The Kier molecular flexibility index (Phi) is 4.61. The van der Waals surface area contributed by atoms with Crippen molar-refractivity contribution in [2.75, 3.05) is 12.8 Å². The topological polar surface area (TPSA) is 29.1 Å². The first-order chi connectivity index (χ1) is 6.07. The predicted molar refractivity (Wildman–Crippen MR) is 67.6 cm³/mol. The maximum Gasteiger partial charge on any atom is 0.149 e. The molecule has 0 saturated carbocycles.